The van der Waals surface area contributed by atoms with E-state index in [1.807, 2.05) is 0 Å². The van der Waals surface area contributed by atoms with Crippen molar-refractivity contribution in [2.75, 3.05) is 28.4 Å². The van der Waals surface area contributed by atoms with Crippen LogP contribution >= 0.6 is 0 Å². The van der Waals surface area contributed by atoms with Crippen LogP contribution in [0, 0.1) is 0 Å². The predicted octanol–water partition coefficient (Wildman–Crippen LogP) is 3.20. The smallest absolute Gasteiger partial charge is 0.235 e. The zero-order chi connectivity index (χ0) is 18.8. The molecule has 0 atom stereocenters. The largest absolute Gasteiger partial charge is 0.504 e. The molecule has 0 bridgehead atoms. The van der Waals surface area contributed by atoms with Crippen molar-refractivity contribution in [2.45, 2.75) is 0 Å². The van der Waals surface area contributed by atoms with E-state index in [4.69, 9.17) is 23.4 Å². The van der Waals surface area contributed by atoms with E-state index in [1.54, 1.807) is 18.2 Å². The van der Waals surface area contributed by atoms with Gasteiger partial charge in [-0.1, -0.05) is 0 Å². The van der Waals surface area contributed by atoms with Crippen molar-refractivity contribution < 1.29 is 28.5 Å². The van der Waals surface area contributed by atoms with Gasteiger partial charge in [0.15, 0.2) is 28.8 Å². The maximum absolute atomic E-state index is 12.8. The number of fused-ring (bicyclic) bond motifs is 1. The lowest BCUT2D eigenvalue weighted by molar-refractivity contribution is 0.355. The topological polar surface area (TPSA) is 87.4 Å². The summed E-state index contributed by atoms with van der Waals surface area (Å²) in [6.45, 7) is 0. The van der Waals surface area contributed by atoms with Crippen molar-refractivity contribution in [3.8, 4) is 40.1 Å². The predicted molar refractivity (Wildman–Crippen MR) is 95.8 cm³/mol. The molecule has 3 aromatic rings. The van der Waals surface area contributed by atoms with E-state index in [2.05, 4.69) is 0 Å². The summed E-state index contributed by atoms with van der Waals surface area (Å²) in [6.07, 6.45) is 0. The van der Waals surface area contributed by atoms with Crippen LogP contribution in [0.2, 0.25) is 0 Å². The van der Waals surface area contributed by atoms with Gasteiger partial charge in [0.25, 0.3) is 0 Å². The fourth-order valence-electron chi connectivity index (χ4n) is 2.71. The van der Waals surface area contributed by atoms with E-state index in [0.717, 1.165) is 0 Å². The number of aromatic hydroxyl groups is 1. The number of rotatable bonds is 5. The third kappa shape index (κ3) is 2.77. The van der Waals surface area contributed by atoms with Crippen molar-refractivity contribution in [1.82, 2.24) is 0 Å². The molecule has 0 fully saturated rings. The maximum atomic E-state index is 12.8. The molecule has 1 heterocycles. The minimum absolute atomic E-state index is 0.0393. The molecule has 136 valence electrons. The molecular weight excluding hydrogens is 340 g/mol. The van der Waals surface area contributed by atoms with Crippen molar-refractivity contribution in [3.63, 3.8) is 0 Å². The first-order valence-corrected chi connectivity index (χ1v) is 7.68. The second-order valence-electron chi connectivity index (χ2n) is 5.38. The highest BCUT2D eigenvalue weighted by Gasteiger charge is 2.20. The molecule has 26 heavy (non-hydrogen) atoms. The summed E-state index contributed by atoms with van der Waals surface area (Å²) >= 11 is 0. The van der Waals surface area contributed by atoms with Gasteiger partial charge in [0.1, 0.15) is 5.58 Å². The molecule has 0 saturated carbocycles. The Morgan fingerprint density at radius 2 is 1.54 bits per heavy atom. The molecule has 1 N–H and O–H groups in total. The molecule has 7 heteroatoms. The molecule has 0 radical (unpaired) electrons. The average Bonchev–Trinajstić information content (AvgIpc) is 2.66. The summed E-state index contributed by atoms with van der Waals surface area (Å²) < 4.78 is 26.7. The van der Waals surface area contributed by atoms with Crippen molar-refractivity contribution in [1.29, 1.82) is 0 Å². The summed E-state index contributed by atoms with van der Waals surface area (Å²) in [6, 6.07) is 7.84. The van der Waals surface area contributed by atoms with E-state index in [1.165, 1.54) is 40.6 Å². The number of phenols is 1. The van der Waals surface area contributed by atoms with Crippen LogP contribution in [0.4, 0.5) is 0 Å². The van der Waals surface area contributed by atoms with E-state index in [0.29, 0.717) is 17.1 Å². The Morgan fingerprint density at radius 1 is 0.846 bits per heavy atom. The number of hydrogen-bond acceptors (Lipinski definition) is 7. The van der Waals surface area contributed by atoms with Crippen LogP contribution < -0.4 is 24.4 Å². The van der Waals surface area contributed by atoms with Gasteiger partial charge in [0, 0.05) is 11.6 Å². The standard InChI is InChI=1S/C19H18O7/c1-22-13-6-5-10(7-16(13)24-3)18-19(25-4)17(21)11-8-15(23-2)12(20)9-14(11)26-18/h5-9,20H,1-4H3. The summed E-state index contributed by atoms with van der Waals surface area (Å²) in [7, 11) is 5.84. The molecule has 1 aromatic heterocycles. The number of hydrogen-bond donors (Lipinski definition) is 1. The van der Waals surface area contributed by atoms with Gasteiger partial charge in [-0.15, -0.1) is 0 Å². The van der Waals surface area contributed by atoms with Crippen molar-refractivity contribution in [2.24, 2.45) is 0 Å². The molecule has 0 spiro atoms. The number of ether oxygens (including phenoxy) is 4. The van der Waals surface area contributed by atoms with Crippen LogP contribution in [0.15, 0.2) is 39.5 Å². The highest BCUT2D eigenvalue weighted by molar-refractivity contribution is 5.85. The minimum atomic E-state index is -0.378. The zero-order valence-electron chi connectivity index (χ0n) is 14.8. The van der Waals surface area contributed by atoms with Crippen LogP contribution in [-0.2, 0) is 0 Å². The second-order valence-corrected chi connectivity index (χ2v) is 5.38. The van der Waals surface area contributed by atoms with Crippen LogP contribution in [0.5, 0.6) is 28.7 Å². The van der Waals surface area contributed by atoms with E-state index >= 15 is 0 Å². The second kappa shape index (κ2) is 6.87. The molecule has 0 aliphatic carbocycles. The number of methoxy groups -OCH3 is 4. The van der Waals surface area contributed by atoms with Crippen LogP contribution in [0.1, 0.15) is 0 Å². The highest BCUT2D eigenvalue weighted by Crippen LogP contribution is 2.38. The van der Waals surface area contributed by atoms with E-state index < -0.39 is 0 Å². The fraction of sp³-hybridized carbons (Fsp3) is 0.211. The molecule has 0 saturated heterocycles. The SMILES string of the molecule is COc1cc2c(=O)c(OC)c(-c3ccc(OC)c(OC)c3)oc2cc1O. The van der Waals surface area contributed by atoms with Gasteiger partial charge in [-0.3, -0.25) is 4.79 Å². The Kier molecular flexibility index (Phi) is 4.62. The molecule has 7 nitrogen and oxygen atoms in total. The monoisotopic (exact) mass is 358 g/mol. The fourth-order valence-corrected chi connectivity index (χ4v) is 2.71. The maximum Gasteiger partial charge on any atom is 0.235 e. The average molecular weight is 358 g/mol. The third-order valence-corrected chi connectivity index (χ3v) is 4.00. The van der Waals surface area contributed by atoms with Gasteiger partial charge in [0.2, 0.25) is 11.2 Å². The molecule has 0 amide bonds. The van der Waals surface area contributed by atoms with Crippen LogP contribution in [-0.4, -0.2) is 33.5 Å². The lowest BCUT2D eigenvalue weighted by Gasteiger charge is -2.12. The number of phenolic OH excluding ortho intramolecular Hbond substituents is 1. The zero-order valence-corrected chi connectivity index (χ0v) is 14.8. The Hall–Kier alpha value is -3.35. The van der Waals surface area contributed by atoms with Crippen LogP contribution in [0.3, 0.4) is 0 Å². The van der Waals surface area contributed by atoms with E-state index in [9.17, 15) is 9.90 Å². The molecule has 3 rings (SSSR count). The first-order valence-electron chi connectivity index (χ1n) is 7.68. The van der Waals surface area contributed by atoms with Gasteiger partial charge in [0.05, 0.1) is 33.8 Å². The molecule has 0 aliphatic heterocycles. The van der Waals surface area contributed by atoms with Crippen molar-refractivity contribution >= 4 is 11.0 Å². The normalized spacial score (nSPS) is 10.6. The first kappa shape index (κ1) is 17.5. The van der Waals surface area contributed by atoms with Crippen molar-refractivity contribution in [3.05, 3.63) is 40.6 Å². The lowest BCUT2D eigenvalue weighted by Crippen LogP contribution is -2.08. The number of benzene rings is 2. The van der Waals surface area contributed by atoms with Gasteiger partial charge in [-0.05, 0) is 24.3 Å². The van der Waals surface area contributed by atoms with Gasteiger partial charge < -0.3 is 28.5 Å². The molecule has 0 aliphatic rings. The summed E-state index contributed by atoms with van der Waals surface area (Å²) in [5.74, 6) is 1.32. The summed E-state index contributed by atoms with van der Waals surface area (Å²) in [5.41, 5.74) is 0.393. The van der Waals surface area contributed by atoms with Crippen LogP contribution in [0.25, 0.3) is 22.3 Å². The van der Waals surface area contributed by atoms with E-state index in [-0.39, 0.29) is 39.4 Å². The lowest BCUT2D eigenvalue weighted by atomic mass is 10.1. The van der Waals surface area contributed by atoms with Gasteiger partial charge >= 0.3 is 0 Å². The molecular formula is C19H18O7. The molecule has 0 unspecified atom stereocenters. The third-order valence-electron chi connectivity index (χ3n) is 4.00. The van der Waals surface area contributed by atoms with Gasteiger partial charge in [-0.25, -0.2) is 0 Å². The summed E-state index contributed by atoms with van der Waals surface area (Å²) in [4.78, 5) is 12.8. The Morgan fingerprint density at radius 3 is 2.15 bits per heavy atom. The Labute approximate surface area is 149 Å². The molecule has 2 aromatic carbocycles. The Balaban J connectivity index is 2.31. The van der Waals surface area contributed by atoms with Gasteiger partial charge in [-0.2, -0.15) is 0 Å². The highest BCUT2D eigenvalue weighted by atomic mass is 16.5. The first-order chi connectivity index (χ1) is 12.5. The Bertz CT molecular complexity index is 1020. The minimum Gasteiger partial charge on any atom is -0.504 e. The quantitative estimate of drug-likeness (QED) is 0.749. The summed E-state index contributed by atoms with van der Waals surface area (Å²) in [5, 5.41) is 10.2.